The van der Waals surface area contributed by atoms with Crippen molar-refractivity contribution in [1.82, 2.24) is 0 Å². The molecule has 1 unspecified atom stereocenters. The van der Waals surface area contributed by atoms with Gasteiger partial charge in [-0.05, 0) is 55.6 Å². The average Bonchev–Trinajstić information content (AvgIpc) is 2.48. The van der Waals surface area contributed by atoms with Gasteiger partial charge in [-0.3, -0.25) is 0 Å². The van der Waals surface area contributed by atoms with Crippen molar-refractivity contribution in [2.45, 2.75) is 30.4 Å². The molecule has 0 fully saturated rings. The molecule has 21 heavy (non-hydrogen) atoms. The van der Waals surface area contributed by atoms with Gasteiger partial charge in [-0.1, -0.05) is 36.4 Å². The van der Waals surface area contributed by atoms with Crippen LogP contribution < -0.4 is 5.73 Å². The van der Waals surface area contributed by atoms with Gasteiger partial charge in [-0.25, -0.2) is 8.42 Å². The molecule has 0 aliphatic rings. The largest absolute Gasteiger partial charge is 0.330 e. The van der Waals surface area contributed by atoms with Crippen LogP contribution in [0.2, 0.25) is 0 Å². The molecule has 0 aliphatic heterocycles. The summed E-state index contributed by atoms with van der Waals surface area (Å²) in [6.07, 6.45) is 0.416. The summed E-state index contributed by atoms with van der Waals surface area (Å²) in [4.78, 5) is 0.368. The van der Waals surface area contributed by atoms with Gasteiger partial charge in [0.2, 0.25) is 0 Å². The lowest BCUT2D eigenvalue weighted by Gasteiger charge is -2.18. The summed E-state index contributed by atoms with van der Waals surface area (Å²) in [5.74, 6) is 0. The van der Waals surface area contributed by atoms with E-state index in [0.29, 0.717) is 17.9 Å². The zero-order valence-electron chi connectivity index (χ0n) is 12.4. The monoisotopic (exact) mass is 303 g/mol. The van der Waals surface area contributed by atoms with Crippen LogP contribution in [-0.4, -0.2) is 15.0 Å². The number of nitrogens with two attached hydrogens (primary N) is 1. The fraction of sp³-hybridized carbons (Fsp3) is 0.294. The molecule has 3 nitrogen and oxygen atoms in total. The third-order valence-electron chi connectivity index (χ3n) is 3.78. The van der Waals surface area contributed by atoms with Crippen molar-refractivity contribution in [1.29, 1.82) is 0 Å². The van der Waals surface area contributed by atoms with E-state index in [2.05, 4.69) is 0 Å². The third-order valence-corrected chi connectivity index (χ3v) is 5.95. The number of hydrogen-bond donors (Lipinski definition) is 1. The van der Waals surface area contributed by atoms with Gasteiger partial charge in [0.05, 0.1) is 10.1 Å². The van der Waals surface area contributed by atoms with Crippen molar-refractivity contribution in [2.75, 3.05) is 6.54 Å². The molecule has 0 bridgehead atoms. The van der Waals surface area contributed by atoms with Crippen LogP contribution in [0.15, 0.2) is 53.4 Å². The molecule has 0 spiro atoms. The summed E-state index contributed by atoms with van der Waals surface area (Å²) in [6, 6.07) is 14.6. The Bertz CT molecular complexity index is 709. The molecule has 0 radical (unpaired) electrons. The van der Waals surface area contributed by atoms with Crippen LogP contribution in [0.25, 0.3) is 0 Å². The maximum Gasteiger partial charge on any atom is 0.185 e. The summed E-state index contributed by atoms with van der Waals surface area (Å²) >= 11 is 0. The van der Waals surface area contributed by atoms with E-state index in [-0.39, 0.29) is 0 Å². The fourth-order valence-electron chi connectivity index (χ4n) is 2.38. The number of sulfone groups is 1. The zero-order chi connectivity index (χ0) is 15.5. The Morgan fingerprint density at radius 2 is 1.67 bits per heavy atom. The van der Waals surface area contributed by atoms with Gasteiger partial charge in [0.15, 0.2) is 9.84 Å². The first-order chi connectivity index (χ1) is 9.96. The van der Waals surface area contributed by atoms with E-state index in [1.807, 2.05) is 50.2 Å². The number of benzene rings is 2. The fourth-order valence-corrected chi connectivity index (χ4v) is 4.26. The molecule has 0 heterocycles. The maximum atomic E-state index is 12.9. The molecule has 2 aromatic rings. The first-order valence-corrected chi connectivity index (χ1v) is 8.57. The summed E-state index contributed by atoms with van der Waals surface area (Å²) in [5, 5.41) is -0.592. The second-order valence-corrected chi connectivity index (χ2v) is 7.40. The van der Waals surface area contributed by atoms with Crippen molar-refractivity contribution >= 4 is 9.84 Å². The predicted molar refractivity (Wildman–Crippen MR) is 86.0 cm³/mol. The molecule has 0 aliphatic carbocycles. The smallest absolute Gasteiger partial charge is 0.185 e. The van der Waals surface area contributed by atoms with E-state index < -0.39 is 15.1 Å². The second kappa shape index (κ2) is 6.41. The highest BCUT2D eigenvalue weighted by atomic mass is 32.2. The Morgan fingerprint density at radius 1 is 1.00 bits per heavy atom. The number of aryl methyl sites for hydroxylation is 2. The van der Waals surface area contributed by atoms with Crippen LogP contribution in [0.5, 0.6) is 0 Å². The van der Waals surface area contributed by atoms with Gasteiger partial charge in [-0.15, -0.1) is 0 Å². The standard InChI is InChI=1S/C17H21NO2S/c1-13-8-9-16(12-14(13)2)21(19,20)17(10-11-18)15-6-4-3-5-7-15/h3-9,12,17H,10-11,18H2,1-2H3. The van der Waals surface area contributed by atoms with Crippen LogP contribution in [-0.2, 0) is 9.84 Å². The molecule has 0 aromatic heterocycles. The highest BCUT2D eigenvalue weighted by molar-refractivity contribution is 7.91. The van der Waals surface area contributed by atoms with Crippen LogP contribution in [0.1, 0.15) is 28.4 Å². The Hall–Kier alpha value is -1.65. The van der Waals surface area contributed by atoms with Gasteiger partial charge in [0.25, 0.3) is 0 Å². The minimum absolute atomic E-state index is 0.337. The molecule has 2 N–H and O–H groups in total. The summed E-state index contributed by atoms with van der Waals surface area (Å²) < 4.78 is 25.9. The summed E-state index contributed by atoms with van der Waals surface area (Å²) in [7, 11) is -3.44. The van der Waals surface area contributed by atoms with Gasteiger partial charge < -0.3 is 5.73 Å². The maximum absolute atomic E-state index is 12.9. The first-order valence-electron chi connectivity index (χ1n) is 7.03. The molecule has 2 rings (SSSR count). The highest BCUT2D eigenvalue weighted by Crippen LogP contribution is 2.32. The highest BCUT2D eigenvalue weighted by Gasteiger charge is 2.28. The van der Waals surface area contributed by atoms with E-state index >= 15 is 0 Å². The van der Waals surface area contributed by atoms with Gasteiger partial charge >= 0.3 is 0 Å². The lowest BCUT2D eigenvalue weighted by Crippen LogP contribution is -2.18. The van der Waals surface area contributed by atoms with Gasteiger partial charge in [-0.2, -0.15) is 0 Å². The summed E-state index contributed by atoms with van der Waals surface area (Å²) in [6.45, 7) is 4.23. The molecule has 112 valence electrons. The predicted octanol–water partition coefficient (Wildman–Crippen LogP) is 3.17. The van der Waals surface area contributed by atoms with E-state index in [9.17, 15) is 8.42 Å². The molecular weight excluding hydrogens is 282 g/mol. The molecular formula is C17H21NO2S. The normalized spacial score (nSPS) is 13.1. The minimum atomic E-state index is -3.44. The van der Waals surface area contributed by atoms with Crippen molar-refractivity contribution in [2.24, 2.45) is 5.73 Å². The molecule has 0 saturated carbocycles. The second-order valence-electron chi connectivity index (χ2n) is 5.27. The van der Waals surface area contributed by atoms with Gasteiger partial charge in [0.1, 0.15) is 0 Å². The Kier molecular flexibility index (Phi) is 4.80. The van der Waals surface area contributed by atoms with Crippen molar-refractivity contribution < 1.29 is 8.42 Å². The van der Waals surface area contributed by atoms with E-state index in [0.717, 1.165) is 16.7 Å². The third kappa shape index (κ3) is 3.34. The lowest BCUT2D eigenvalue weighted by atomic mass is 10.1. The lowest BCUT2D eigenvalue weighted by molar-refractivity contribution is 0.576. The Morgan fingerprint density at radius 3 is 2.24 bits per heavy atom. The first kappa shape index (κ1) is 15.7. The van der Waals surface area contributed by atoms with Crippen LogP contribution in [0, 0.1) is 13.8 Å². The molecule has 1 atom stereocenters. The molecule has 0 amide bonds. The van der Waals surface area contributed by atoms with Crippen LogP contribution in [0.3, 0.4) is 0 Å². The summed E-state index contributed by atoms with van der Waals surface area (Å²) in [5.41, 5.74) is 8.49. The van der Waals surface area contributed by atoms with E-state index in [4.69, 9.17) is 5.73 Å². The van der Waals surface area contributed by atoms with Crippen molar-refractivity contribution in [3.8, 4) is 0 Å². The van der Waals surface area contributed by atoms with Crippen molar-refractivity contribution in [3.63, 3.8) is 0 Å². The Labute approximate surface area is 126 Å². The quantitative estimate of drug-likeness (QED) is 0.923. The average molecular weight is 303 g/mol. The SMILES string of the molecule is Cc1ccc(S(=O)(=O)C(CCN)c2ccccc2)cc1C. The number of rotatable bonds is 5. The zero-order valence-corrected chi connectivity index (χ0v) is 13.2. The number of hydrogen-bond acceptors (Lipinski definition) is 3. The van der Waals surface area contributed by atoms with Crippen LogP contribution >= 0.6 is 0 Å². The van der Waals surface area contributed by atoms with Crippen molar-refractivity contribution in [3.05, 3.63) is 65.2 Å². The van der Waals surface area contributed by atoms with E-state index in [1.54, 1.807) is 12.1 Å². The minimum Gasteiger partial charge on any atom is -0.330 e. The Balaban J connectivity index is 2.50. The molecule has 0 saturated heterocycles. The van der Waals surface area contributed by atoms with E-state index in [1.165, 1.54) is 0 Å². The molecule has 2 aromatic carbocycles. The van der Waals surface area contributed by atoms with Crippen LogP contribution in [0.4, 0.5) is 0 Å². The molecule has 4 heteroatoms. The van der Waals surface area contributed by atoms with Gasteiger partial charge in [0, 0.05) is 0 Å². The topological polar surface area (TPSA) is 60.2 Å².